The lowest BCUT2D eigenvalue weighted by Gasteiger charge is -2.41. The van der Waals surface area contributed by atoms with Crippen LogP contribution in [0.25, 0.3) is 16.7 Å². The molecule has 2 fully saturated rings. The van der Waals surface area contributed by atoms with E-state index in [0.29, 0.717) is 24.7 Å². The van der Waals surface area contributed by atoms with Crippen LogP contribution in [0.3, 0.4) is 0 Å². The molecule has 0 radical (unpaired) electrons. The molecule has 198 valence electrons. The monoisotopic (exact) mass is 526 g/mol. The van der Waals surface area contributed by atoms with Gasteiger partial charge in [-0.15, -0.1) is 0 Å². The summed E-state index contributed by atoms with van der Waals surface area (Å²) in [6.07, 6.45) is 5.35. The Kier molecular flexibility index (Phi) is 6.93. The third-order valence-electron chi connectivity index (χ3n) is 7.08. The van der Waals surface area contributed by atoms with Crippen molar-refractivity contribution in [2.75, 3.05) is 42.6 Å². The van der Waals surface area contributed by atoms with Crippen molar-refractivity contribution in [3.8, 4) is 5.69 Å². The van der Waals surface area contributed by atoms with Crippen LogP contribution in [-0.2, 0) is 4.74 Å². The second-order valence-corrected chi connectivity index (χ2v) is 11.3. The molecule has 0 saturated carbocycles. The summed E-state index contributed by atoms with van der Waals surface area (Å²) in [4.78, 5) is 28.5. The van der Waals surface area contributed by atoms with Crippen molar-refractivity contribution in [1.29, 1.82) is 0 Å². The molecule has 9 nitrogen and oxygen atoms in total. The van der Waals surface area contributed by atoms with E-state index >= 15 is 0 Å². The summed E-state index contributed by atoms with van der Waals surface area (Å²) >= 11 is 6.33. The molecule has 0 bridgehead atoms. The summed E-state index contributed by atoms with van der Waals surface area (Å²) in [5.41, 5.74) is 2.16. The van der Waals surface area contributed by atoms with Gasteiger partial charge in [0, 0.05) is 49.1 Å². The molecule has 1 N–H and O–H groups in total. The number of nitrogens with zero attached hydrogens (tertiary/aromatic N) is 6. The first kappa shape index (κ1) is 25.6. The van der Waals surface area contributed by atoms with Crippen molar-refractivity contribution >= 4 is 40.2 Å². The van der Waals surface area contributed by atoms with Gasteiger partial charge >= 0.3 is 6.09 Å². The zero-order valence-corrected chi connectivity index (χ0v) is 22.6. The van der Waals surface area contributed by atoms with E-state index in [1.165, 1.54) is 0 Å². The lowest BCUT2D eigenvalue weighted by atomic mass is 10.1. The molecule has 2 aromatic heterocycles. The Morgan fingerprint density at radius 1 is 1.22 bits per heavy atom. The Labute approximate surface area is 222 Å². The van der Waals surface area contributed by atoms with Crippen molar-refractivity contribution in [3.05, 3.63) is 41.8 Å². The molecule has 4 heterocycles. The van der Waals surface area contributed by atoms with Gasteiger partial charge in [0.2, 0.25) is 0 Å². The Bertz CT molecular complexity index is 1290. The summed E-state index contributed by atoms with van der Waals surface area (Å²) in [6.45, 7) is 10.4. The molecule has 2 unspecified atom stereocenters. The number of ether oxygens (including phenoxy) is 1. The number of aliphatic hydroxyl groups excluding tert-OH is 1. The zero-order valence-electron chi connectivity index (χ0n) is 21.9. The largest absolute Gasteiger partial charge is 0.444 e. The average molecular weight is 527 g/mol. The van der Waals surface area contributed by atoms with Gasteiger partial charge in [0.25, 0.3) is 0 Å². The summed E-state index contributed by atoms with van der Waals surface area (Å²) in [7, 11) is 0. The van der Waals surface area contributed by atoms with Gasteiger partial charge in [-0.05, 0) is 58.7 Å². The Hall–Kier alpha value is -3.04. The van der Waals surface area contributed by atoms with Crippen molar-refractivity contribution in [2.45, 2.75) is 58.2 Å². The maximum atomic E-state index is 12.8. The number of amides is 1. The van der Waals surface area contributed by atoms with Gasteiger partial charge in [0.15, 0.2) is 5.65 Å². The minimum absolute atomic E-state index is 0.0504. The standard InChI is InChI=1S/C27H35ClN6O3/c1-18-14-31(11-12-32(18)26(36)37-27(2,3)4)24-23-22(33-10-6-9-21(33)16-35)15-34(25(23)30-17-29-24)20-8-5-7-19(28)13-20/h5,7-8,13,15,17-18,21,35H,6,9-12,14,16H2,1-4H3. The Morgan fingerprint density at radius 2 is 2.03 bits per heavy atom. The summed E-state index contributed by atoms with van der Waals surface area (Å²) in [6, 6.07) is 7.70. The van der Waals surface area contributed by atoms with Crippen LogP contribution in [0.4, 0.5) is 16.3 Å². The number of aliphatic hydroxyl groups is 1. The molecule has 3 aromatic rings. The highest BCUT2D eigenvalue weighted by Crippen LogP contribution is 2.39. The van der Waals surface area contributed by atoms with Crippen LogP contribution >= 0.6 is 11.6 Å². The second-order valence-electron chi connectivity index (χ2n) is 10.9. The Morgan fingerprint density at radius 3 is 2.73 bits per heavy atom. The number of aromatic nitrogens is 3. The molecule has 2 aliphatic rings. The number of fused-ring (bicyclic) bond motifs is 1. The number of rotatable bonds is 4. The van der Waals surface area contributed by atoms with E-state index in [1.807, 2.05) is 52.0 Å². The predicted molar refractivity (Wildman–Crippen MR) is 146 cm³/mol. The number of piperazine rings is 1. The highest BCUT2D eigenvalue weighted by molar-refractivity contribution is 6.30. The molecule has 5 rings (SSSR count). The number of carbonyl (C=O) groups is 1. The fourth-order valence-corrected chi connectivity index (χ4v) is 5.58. The lowest BCUT2D eigenvalue weighted by Crippen LogP contribution is -2.55. The van der Waals surface area contributed by atoms with Crippen molar-refractivity contribution in [3.63, 3.8) is 0 Å². The number of anilines is 2. The van der Waals surface area contributed by atoms with E-state index in [2.05, 4.69) is 20.6 Å². The maximum absolute atomic E-state index is 12.8. The Balaban J connectivity index is 1.55. The molecule has 0 spiro atoms. The molecular formula is C27H35ClN6O3. The fraction of sp³-hybridized carbons (Fsp3) is 0.519. The minimum atomic E-state index is -0.538. The molecule has 2 saturated heterocycles. The van der Waals surface area contributed by atoms with Crippen LogP contribution in [0, 0.1) is 0 Å². The maximum Gasteiger partial charge on any atom is 0.410 e. The number of hydrogen-bond donors (Lipinski definition) is 1. The van der Waals surface area contributed by atoms with Gasteiger partial charge in [-0.1, -0.05) is 17.7 Å². The molecule has 0 aliphatic carbocycles. The minimum Gasteiger partial charge on any atom is -0.444 e. The van der Waals surface area contributed by atoms with Gasteiger partial charge in [0.1, 0.15) is 17.7 Å². The van der Waals surface area contributed by atoms with E-state index in [-0.39, 0.29) is 24.8 Å². The van der Waals surface area contributed by atoms with Gasteiger partial charge in [-0.3, -0.25) is 4.57 Å². The molecule has 2 aliphatic heterocycles. The first-order valence-electron chi connectivity index (χ1n) is 12.9. The van der Waals surface area contributed by atoms with Crippen LogP contribution in [0.2, 0.25) is 5.02 Å². The lowest BCUT2D eigenvalue weighted by molar-refractivity contribution is 0.0159. The highest BCUT2D eigenvalue weighted by Gasteiger charge is 2.34. The number of carbonyl (C=O) groups excluding carboxylic acids is 1. The first-order valence-corrected chi connectivity index (χ1v) is 13.3. The third kappa shape index (κ3) is 5.07. The molecule has 1 amide bonds. The van der Waals surface area contributed by atoms with Crippen molar-refractivity contribution < 1.29 is 14.6 Å². The van der Waals surface area contributed by atoms with Gasteiger partial charge in [0.05, 0.1) is 23.7 Å². The van der Waals surface area contributed by atoms with Crippen LogP contribution < -0.4 is 9.80 Å². The normalized spacial score (nSPS) is 20.6. The van der Waals surface area contributed by atoms with E-state index < -0.39 is 5.60 Å². The highest BCUT2D eigenvalue weighted by atomic mass is 35.5. The molecule has 10 heteroatoms. The fourth-order valence-electron chi connectivity index (χ4n) is 5.39. The molecule has 2 atom stereocenters. The third-order valence-corrected chi connectivity index (χ3v) is 7.32. The SMILES string of the molecule is CC1CN(c2ncnc3c2c(N2CCCC2CO)cn3-c2cccc(Cl)c2)CCN1C(=O)OC(C)(C)C. The van der Waals surface area contributed by atoms with Crippen LogP contribution in [0.15, 0.2) is 36.8 Å². The molecule has 37 heavy (non-hydrogen) atoms. The van der Waals surface area contributed by atoms with Gasteiger partial charge in [-0.25, -0.2) is 14.8 Å². The smallest absolute Gasteiger partial charge is 0.410 e. The topological polar surface area (TPSA) is 87.0 Å². The number of halogens is 1. The van der Waals surface area contributed by atoms with Crippen molar-refractivity contribution in [1.82, 2.24) is 19.4 Å². The van der Waals surface area contributed by atoms with Crippen LogP contribution in [0.5, 0.6) is 0 Å². The summed E-state index contributed by atoms with van der Waals surface area (Å²) in [5.74, 6) is 0.833. The summed E-state index contributed by atoms with van der Waals surface area (Å²) < 4.78 is 7.68. The summed E-state index contributed by atoms with van der Waals surface area (Å²) in [5, 5.41) is 11.7. The number of hydrogen-bond acceptors (Lipinski definition) is 7. The second kappa shape index (κ2) is 10.0. The molecule has 1 aromatic carbocycles. The van der Waals surface area contributed by atoms with E-state index in [1.54, 1.807) is 11.2 Å². The van der Waals surface area contributed by atoms with Crippen LogP contribution in [-0.4, -0.2) is 81.1 Å². The van der Waals surface area contributed by atoms with Gasteiger partial charge < -0.3 is 24.5 Å². The average Bonchev–Trinajstić information content (AvgIpc) is 3.47. The van der Waals surface area contributed by atoms with E-state index in [4.69, 9.17) is 26.3 Å². The van der Waals surface area contributed by atoms with Crippen molar-refractivity contribution in [2.24, 2.45) is 0 Å². The zero-order chi connectivity index (χ0) is 26.3. The van der Waals surface area contributed by atoms with E-state index in [9.17, 15) is 9.90 Å². The quantitative estimate of drug-likeness (QED) is 0.536. The van der Waals surface area contributed by atoms with E-state index in [0.717, 1.165) is 47.6 Å². The predicted octanol–water partition coefficient (Wildman–Crippen LogP) is 4.48. The van der Waals surface area contributed by atoms with Crippen LogP contribution in [0.1, 0.15) is 40.5 Å². The number of benzene rings is 1. The molecular weight excluding hydrogens is 492 g/mol. The first-order chi connectivity index (χ1) is 17.7. The van der Waals surface area contributed by atoms with Gasteiger partial charge in [-0.2, -0.15) is 0 Å².